The average molecular weight is 463 g/mol. The molecule has 0 aliphatic heterocycles. The molecule has 1 atom stereocenters. The molecule has 2 N–H and O–H groups in total. The molecular weight excluding hydrogens is 440 g/mol. The maximum absolute atomic E-state index is 12.9. The van der Waals surface area contributed by atoms with Crippen molar-refractivity contribution >= 4 is 33.2 Å². The van der Waals surface area contributed by atoms with Crippen LogP contribution >= 0.6 is 11.6 Å². The second-order valence-corrected chi connectivity index (χ2v) is 8.91. The first-order valence-corrected chi connectivity index (χ1v) is 11.5. The molecule has 31 heavy (non-hydrogen) atoms. The van der Waals surface area contributed by atoms with Gasteiger partial charge in [-0.25, -0.2) is 8.42 Å². The summed E-state index contributed by atoms with van der Waals surface area (Å²) in [6, 6.07) is 13.8. The number of benzene rings is 2. The van der Waals surface area contributed by atoms with Gasteiger partial charge >= 0.3 is 0 Å². The Morgan fingerprint density at radius 1 is 1.13 bits per heavy atom. The molecule has 1 amide bonds. The van der Waals surface area contributed by atoms with Crippen LogP contribution in [0, 0.1) is 6.92 Å². The second kappa shape index (κ2) is 9.45. The Hall–Kier alpha value is -2.97. The van der Waals surface area contributed by atoms with Crippen LogP contribution in [0.5, 0.6) is 5.75 Å². The quantitative estimate of drug-likeness (QED) is 0.494. The number of ether oxygens (including phenoxy) is 1. The van der Waals surface area contributed by atoms with Gasteiger partial charge in [-0.15, -0.1) is 0 Å². The van der Waals surface area contributed by atoms with Crippen molar-refractivity contribution in [2.45, 2.75) is 31.7 Å². The zero-order chi connectivity index (χ0) is 22.6. The summed E-state index contributed by atoms with van der Waals surface area (Å²) in [5.74, 6) is 1.51. The molecule has 3 aromatic rings. The van der Waals surface area contributed by atoms with Gasteiger partial charge in [0.2, 0.25) is 0 Å². The number of anilines is 1. The number of amides is 1. The first-order chi connectivity index (χ1) is 14.7. The summed E-state index contributed by atoms with van der Waals surface area (Å²) in [5.41, 5.74) is 0.503. The fourth-order valence-electron chi connectivity index (χ4n) is 2.88. The van der Waals surface area contributed by atoms with Crippen LogP contribution in [0.2, 0.25) is 5.02 Å². The number of carbonyl (C=O) groups is 1. The second-order valence-electron chi connectivity index (χ2n) is 6.85. The summed E-state index contributed by atoms with van der Waals surface area (Å²) in [4.78, 5) is 12.5. The van der Waals surface area contributed by atoms with Crippen molar-refractivity contribution < 1.29 is 22.4 Å². The van der Waals surface area contributed by atoms with Gasteiger partial charge in [-0.1, -0.05) is 11.6 Å². The predicted molar refractivity (Wildman–Crippen MR) is 119 cm³/mol. The Morgan fingerprint density at radius 2 is 1.84 bits per heavy atom. The monoisotopic (exact) mass is 462 g/mol. The highest BCUT2D eigenvalue weighted by Gasteiger charge is 2.22. The van der Waals surface area contributed by atoms with Crippen LogP contribution in [0.4, 0.5) is 5.69 Å². The summed E-state index contributed by atoms with van der Waals surface area (Å²) in [6.45, 7) is 5.95. The lowest BCUT2D eigenvalue weighted by Gasteiger charge is -2.14. The van der Waals surface area contributed by atoms with Crippen molar-refractivity contribution in [2.24, 2.45) is 0 Å². The molecule has 0 aliphatic rings. The summed E-state index contributed by atoms with van der Waals surface area (Å²) in [6.07, 6.45) is 0. The summed E-state index contributed by atoms with van der Waals surface area (Å²) >= 11 is 6.14. The summed E-state index contributed by atoms with van der Waals surface area (Å²) < 4.78 is 39.1. The van der Waals surface area contributed by atoms with E-state index in [0.717, 1.165) is 5.76 Å². The zero-order valence-electron chi connectivity index (χ0n) is 17.3. The Balaban J connectivity index is 1.79. The number of hydrogen-bond acceptors (Lipinski definition) is 5. The van der Waals surface area contributed by atoms with Crippen LogP contribution in [0.15, 0.2) is 63.9 Å². The first kappa shape index (κ1) is 22.7. The van der Waals surface area contributed by atoms with Crippen molar-refractivity contribution in [1.29, 1.82) is 0 Å². The van der Waals surface area contributed by atoms with Crippen molar-refractivity contribution in [2.75, 3.05) is 11.3 Å². The third-order valence-corrected chi connectivity index (χ3v) is 6.30. The Morgan fingerprint density at radius 3 is 2.45 bits per heavy atom. The number of nitrogens with one attached hydrogen (secondary N) is 2. The van der Waals surface area contributed by atoms with Gasteiger partial charge in [-0.2, -0.15) is 0 Å². The summed E-state index contributed by atoms with van der Waals surface area (Å²) in [5, 5.41) is 2.79. The van der Waals surface area contributed by atoms with Gasteiger partial charge in [0.1, 0.15) is 22.2 Å². The molecule has 0 saturated heterocycles. The molecule has 2 aromatic carbocycles. The molecule has 0 aliphatic carbocycles. The molecular formula is C22H23ClN2O5S. The van der Waals surface area contributed by atoms with Gasteiger partial charge in [-0.3, -0.25) is 9.52 Å². The number of halogens is 1. The highest BCUT2D eigenvalue weighted by molar-refractivity contribution is 7.92. The van der Waals surface area contributed by atoms with E-state index in [1.54, 1.807) is 43.3 Å². The van der Waals surface area contributed by atoms with E-state index in [1.165, 1.54) is 18.2 Å². The van der Waals surface area contributed by atoms with Crippen LogP contribution in [-0.2, 0) is 10.0 Å². The largest absolute Gasteiger partial charge is 0.494 e. The highest BCUT2D eigenvalue weighted by atomic mass is 35.5. The first-order valence-electron chi connectivity index (χ1n) is 9.62. The number of furan rings is 1. The fourth-order valence-corrected chi connectivity index (χ4v) is 4.47. The third-order valence-electron chi connectivity index (χ3n) is 4.44. The van der Waals surface area contributed by atoms with E-state index < -0.39 is 15.9 Å². The minimum Gasteiger partial charge on any atom is -0.494 e. The number of hydrogen-bond donors (Lipinski definition) is 2. The molecule has 0 saturated carbocycles. The number of aryl methyl sites for hydroxylation is 1. The van der Waals surface area contributed by atoms with Crippen LogP contribution in [0.1, 0.15) is 41.8 Å². The van der Waals surface area contributed by atoms with Crippen LogP contribution in [-0.4, -0.2) is 20.9 Å². The van der Waals surface area contributed by atoms with Gasteiger partial charge in [-0.05, 0) is 75.4 Å². The molecule has 1 heterocycles. The molecule has 0 spiro atoms. The highest BCUT2D eigenvalue weighted by Crippen LogP contribution is 2.26. The normalized spacial score (nSPS) is 12.3. The van der Waals surface area contributed by atoms with Gasteiger partial charge in [0.15, 0.2) is 0 Å². The van der Waals surface area contributed by atoms with E-state index in [-0.39, 0.29) is 21.5 Å². The van der Waals surface area contributed by atoms with Crippen molar-refractivity contribution in [3.05, 3.63) is 76.7 Å². The zero-order valence-corrected chi connectivity index (χ0v) is 18.9. The topological polar surface area (TPSA) is 97.6 Å². The molecule has 1 aromatic heterocycles. The van der Waals surface area contributed by atoms with Crippen LogP contribution < -0.4 is 14.8 Å². The Kier molecular flexibility index (Phi) is 6.92. The van der Waals surface area contributed by atoms with E-state index in [4.69, 9.17) is 20.8 Å². The minimum absolute atomic E-state index is 0.00435. The van der Waals surface area contributed by atoms with E-state index in [0.29, 0.717) is 23.8 Å². The number of rotatable bonds is 8. The fraction of sp³-hybridized carbons (Fsp3) is 0.227. The Bertz CT molecular complexity index is 1170. The molecule has 0 bridgehead atoms. The molecule has 164 valence electrons. The molecule has 0 fully saturated rings. The van der Waals surface area contributed by atoms with Crippen molar-refractivity contribution in [1.82, 2.24) is 5.32 Å². The standard InChI is InChI=1S/C22H23ClN2O5S/c1-4-29-18-9-7-17(8-10-18)25-31(27,28)21-13-16(6-11-19(21)23)22(26)24-15(3)20-12-5-14(2)30-20/h5-13,15,25H,4H2,1-3H3,(H,24,26). The van der Waals surface area contributed by atoms with Gasteiger partial charge in [0.25, 0.3) is 15.9 Å². The number of carbonyl (C=O) groups excluding carboxylic acids is 1. The van der Waals surface area contributed by atoms with E-state index in [9.17, 15) is 13.2 Å². The predicted octanol–water partition coefficient (Wildman–Crippen LogP) is 4.93. The average Bonchev–Trinajstić information content (AvgIpc) is 3.16. The van der Waals surface area contributed by atoms with Gasteiger partial charge < -0.3 is 14.5 Å². The Labute approximate surface area is 186 Å². The maximum Gasteiger partial charge on any atom is 0.263 e. The minimum atomic E-state index is -4.02. The van der Waals surface area contributed by atoms with Gasteiger partial charge in [0.05, 0.1) is 17.7 Å². The molecule has 7 nitrogen and oxygen atoms in total. The van der Waals surface area contributed by atoms with Crippen LogP contribution in [0.25, 0.3) is 0 Å². The maximum atomic E-state index is 12.9. The van der Waals surface area contributed by atoms with Gasteiger partial charge in [0, 0.05) is 11.3 Å². The lowest BCUT2D eigenvalue weighted by molar-refractivity contribution is 0.0935. The van der Waals surface area contributed by atoms with Crippen molar-refractivity contribution in [3.63, 3.8) is 0 Å². The third kappa shape index (κ3) is 5.59. The number of sulfonamides is 1. The van der Waals surface area contributed by atoms with E-state index in [2.05, 4.69) is 10.0 Å². The van der Waals surface area contributed by atoms with Crippen LogP contribution in [0.3, 0.4) is 0 Å². The molecule has 1 unspecified atom stereocenters. The smallest absolute Gasteiger partial charge is 0.263 e. The molecule has 3 rings (SSSR count). The van der Waals surface area contributed by atoms with Crippen molar-refractivity contribution in [3.8, 4) is 5.75 Å². The molecule has 0 radical (unpaired) electrons. The molecule has 9 heteroatoms. The van der Waals surface area contributed by atoms with E-state index in [1.807, 2.05) is 13.8 Å². The summed E-state index contributed by atoms with van der Waals surface area (Å²) in [7, 11) is -4.02. The lowest BCUT2D eigenvalue weighted by atomic mass is 10.2. The SMILES string of the molecule is CCOc1ccc(NS(=O)(=O)c2cc(C(=O)NC(C)c3ccc(C)o3)ccc2Cl)cc1. The lowest BCUT2D eigenvalue weighted by Crippen LogP contribution is -2.26. The van der Waals surface area contributed by atoms with E-state index >= 15 is 0 Å².